The maximum atomic E-state index is 6.40. The van der Waals surface area contributed by atoms with Crippen LogP contribution in [0.4, 0.5) is 0 Å². The fourth-order valence-corrected chi connectivity index (χ4v) is 3.88. The van der Waals surface area contributed by atoms with E-state index in [0.29, 0.717) is 11.0 Å². The maximum absolute atomic E-state index is 6.40. The van der Waals surface area contributed by atoms with Crippen LogP contribution in [0.3, 0.4) is 0 Å². The Bertz CT molecular complexity index is 548. The zero-order chi connectivity index (χ0) is 15.0. The van der Waals surface area contributed by atoms with Crippen molar-refractivity contribution in [3.05, 3.63) is 34.3 Å². The van der Waals surface area contributed by atoms with E-state index in [4.69, 9.17) is 29.6 Å². The van der Waals surface area contributed by atoms with Crippen molar-refractivity contribution < 1.29 is 0 Å². The van der Waals surface area contributed by atoms with Gasteiger partial charge in [0.05, 0.1) is 0 Å². The van der Waals surface area contributed by atoms with E-state index in [0.717, 1.165) is 35.3 Å². The van der Waals surface area contributed by atoms with Crippen LogP contribution in [0.1, 0.15) is 30.9 Å². The van der Waals surface area contributed by atoms with Crippen molar-refractivity contribution in [2.45, 2.75) is 38.4 Å². The van der Waals surface area contributed by atoms with Gasteiger partial charge in [0.2, 0.25) is 0 Å². The summed E-state index contributed by atoms with van der Waals surface area (Å²) in [5.41, 5.74) is 7.66. The quantitative estimate of drug-likeness (QED) is 0.867. The second kappa shape index (κ2) is 6.21. The average molecular weight is 324 g/mol. The molecule has 114 valence electrons. The van der Waals surface area contributed by atoms with E-state index in [-0.39, 0.29) is 0 Å². The van der Waals surface area contributed by atoms with Gasteiger partial charge in [-0.2, -0.15) is 0 Å². The van der Waals surface area contributed by atoms with E-state index >= 15 is 0 Å². The fourth-order valence-electron chi connectivity index (χ4n) is 3.52. The van der Waals surface area contributed by atoms with Gasteiger partial charge in [-0.25, -0.2) is 0 Å². The minimum absolute atomic E-state index is 0.399. The lowest BCUT2D eigenvalue weighted by Crippen LogP contribution is -2.54. The van der Waals surface area contributed by atoms with Crippen molar-refractivity contribution in [1.29, 1.82) is 0 Å². The van der Waals surface area contributed by atoms with Gasteiger partial charge >= 0.3 is 0 Å². The molecule has 1 aromatic carbocycles. The summed E-state index contributed by atoms with van der Waals surface area (Å²) in [5.74, 6) is 0. The first-order valence-corrected chi connectivity index (χ1v) is 8.39. The summed E-state index contributed by atoms with van der Waals surface area (Å²) in [6, 6.07) is 7.22. The maximum Gasteiger partial charge on any atom is 0.104 e. The topological polar surface area (TPSA) is 32.5 Å². The van der Waals surface area contributed by atoms with Crippen LogP contribution in [-0.2, 0) is 6.54 Å². The highest BCUT2D eigenvalue weighted by Crippen LogP contribution is 2.27. The molecule has 2 unspecified atom stereocenters. The van der Waals surface area contributed by atoms with E-state index in [9.17, 15) is 0 Å². The number of halogens is 1. The minimum atomic E-state index is 0.399. The van der Waals surface area contributed by atoms with Gasteiger partial charge in [0, 0.05) is 42.3 Å². The SMILES string of the molecule is CC1CN2CCCC2CN1Cc1ccc(C(N)=S)cc1Cl. The third-order valence-electron chi connectivity index (χ3n) is 4.78. The summed E-state index contributed by atoms with van der Waals surface area (Å²) in [5, 5.41) is 0.765. The highest BCUT2D eigenvalue weighted by Gasteiger charge is 2.34. The molecule has 0 radical (unpaired) electrons. The van der Waals surface area contributed by atoms with Crippen molar-refractivity contribution in [3.63, 3.8) is 0 Å². The predicted molar refractivity (Wildman–Crippen MR) is 91.8 cm³/mol. The lowest BCUT2D eigenvalue weighted by Gasteiger charge is -2.42. The van der Waals surface area contributed by atoms with Crippen LogP contribution in [-0.4, -0.2) is 46.5 Å². The largest absolute Gasteiger partial charge is 0.389 e. The standard InChI is InChI=1S/C16H22ClN3S/c1-11-8-19-6-2-3-14(19)10-20(11)9-13-5-4-12(16(18)21)7-15(13)17/h4-5,7,11,14H,2-3,6,8-10H2,1H3,(H2,18,21). The first-order chi connectivity index (χ1) is 10.0. The van der Waals surface area contributed by atoms with E-state index < -0.39 is 0 Å². The molecule has 2 aliphatic rings. The monoisotopic (exact) mass is 323 g/mol. The molecule has 0 bridgehead atoms. The molecular formula is C16H22ClN3S. The minimum Gasteiger partial charge on any atom is -0.389 e. The van der Waals surface area contributed by atoms with Crippen molar-refractivity contribution in [2.24, 2.45) is 5.73 Å². The Morgan fingerprint density at radius 2 is 2.24 bits per heavy atom. The van der Waals surface area contributed by atoms with E-state index in [2.05, 4.69) is 22.8 Å². The fraction of sp³-hybridized carbons (Fsp3) is 0.562. The molecular weight excluding hydrogens is 302 g/mol. The summed E-state index contributed by atoms with van der Waals surface area (Å²) in [4.78, 5) is 5.59. The molecule has 2 atom stereocenters. The summed E-state index contributed by atoms with van der Waals surface area (Å²) in [6.45, 7) is 6.81. The van der Waals surface area contributed by atoms with Crippen LogP contribution in [0.5, 0.6) is 0 Å². The third-order valence-corrected chi connectivity index (χ3v) is 5.36. The van der Waals surface area contributed by atoms with Gasteiger partial charge < -0.3 is 5.73 Å². The number of hydrogen-bond donors (Lipinski definition) is 1. The highest BCUT2D eigenvalue weighted by atomic mass is 35.5. The normalized spacial score (nSPS) is 26.8. The molecule has 2 saturated heterocycles. The molecule has 5 heteroatoms. The van der Waals surface area contributed by atoms with Crippen molar-refractivity contribution in [2.75, 3.05) is 19.6 Å². The number of benzene rings is 1. The smallest absolute Gasteiger partial charge is 0.104 e. The lowest BCUT2D eigenvalue weighted by atomic mass is 10.1. The second-order valence-corrected chi connectivity index (χ2v) is 7.09. The molecule has 3 nitrogen and oxygen atoms in total. The lowest BCUT2D eigenvalue weighted by molar-refractivity contribution is 0.0540. The van der Waals surface area contributed by atoms with Gasteiger partial charge in [0.25, 0.3) is 0 Å². The molecule has 2 aliphatic heterocycles. The van der Waals surface area contributed by atoms with Gasteiger partial charge in [-0.1, -0.05) is 36.0 Å². The molecule has 0 aliphatic carbocycles. The van der Waals surface area contributed by atoms with Gasteiger partial charge in [0.15, 0.2) is 0 Å². The van der Waals surface area contributed by atoms with Gasteiger partial charge in [0.1, 0.15) is 4.99 Å². The number of nitrogens with two attached hydrogens (primary N) is 1. The van der Waals surface area contributed by atoms with Crippen LogP contribution in [0.15, 0.2) is 18.2 Å². The molecule has 2 heterocycles. The number of piperazine rings is 1. The van der Waals surface area contributed by atoms with Crippen molar-refractivity contribution in [1.82, 2.24) is 9.80 Å². The Hall–Kier alpha value is -0.680. The highest BCUT2D eigenvalue weighted by molar-refractivity contribution is 7.80. The molecule has 0 spiro atoms. The summed E-state index contributed by atoms with van der Waals surface area (Å²) in [6.07, 6.45) is 2.67. The molecule has 21 heavy (non-hydrogen) atoms. The Balaban J connectivity index is 1.72. The number of hydrogen-bond acceptors (Lipinski definition) is 3. The molecule has 0 aromatic heterocycles. The Labute approximate surface area is 137 Å². The third kappa shape index (κ3) is 3.24. The Kier molecular flexibility index (Phi) is 4.50. The predicted octanol–water partition coefficient (Wildman–Crippen LogP) is 2.64. The van der Waals surface area contributed by atoms with Crippen LogP contribution < -0.4 is 5.73 Å². The number of fused-ring (bicyclic) bond motifs is 1. The number of nitrogens with zero attached hydrogens (tertiary/aromatic N) is 2. The Morgan fingerprint density at radius 1 is 1.43 bits per heavy atom. The van der Waals surface area contributed by atoms with Crippen LogP contribution in [0.2, 0.25) is 5.02 Å². The summed E-state index contributed by atoms with van der Waals surface area (Å²) < 4.78 is 0. The van der Waals surface area contributed by atoms with E-state index in [1.807, 2.05) is 12.1 Å². The number of thiocarbonyl (C=S) groups is 1. The first kappa shape index (κ1) is 15.2. The van der Waals surface area contributed by atoms with E-state index in [1.165, 1.54) is 25.9 Å². The second-order valence-electron chi connectivity index (χ2n) is 6.24. The van der Waals surface area contributed by atoms with Crippen molar-refractivity contribution >= 4 is 28.8 Å². The molecule has 2 N–H and O–H groups in total. The van der Waals surface area contributed by atoms with Gasteiger partial charge in [-0.05, 0) is 37.9 Å². The van der Waals surface area contributed by atoms with Crippen LogP contribution >= 0.6 is 23.8 Å². The first-order valence-electron chi connectivity index (χ1n) is 7.61. The molecule has 1 aromatic rings. The number of rotatable bonds is 3. The summed E-state index contributed by atoms with van der Waals surface area (Å²) >= 11 is 11.4. The van der Waals surface area contributed by atoms with Crippen molar-refractivity contribution in [3.8, 4) is 0 Å². The van der Waals surface area contributed by atoms with Gasteiger partial charge in [-0.15, -0.1) is 0 Å². The molecule has 0 saturated carbocycles. The average Bonchev–Trinajstić information content (AvgIpc) is 2.88. The van der Waals surface area contributed by atoms with Crippen LogP contribution in [0.25, 0.3) is 0 Å². The zero-order valence-corrected chi connectivity index (χ0v) is 14.0. The zero-order valence-electron chi connectivity index (χ0n) is 12.4. The molecule has 2 fully saturated rings. The van der Waals surface area contributed by atoms with E-state index in [1.54, 1.807) is 0 Å². The Morgan fingerprint density at radius 3 is 2.95 bits per heavy atom. The summed E-state index contributed by atoms with van der Waals surface area (Å²) in [7, 11) is 0. The van der Waals surface area contributed by atoms with Crippen LogP contribution in [0, 0.1) is 0 Å². The molecule has 3 rings (SSSR count). The molecule has 0 amide bonds. The van der Waals surface area contributed by atoms with Gasteiger partial charge in [-0.3, -0.25) is 9.80 Å².